The Morgan fingerprint density at radius 1 is 0.966 bits per heavy atom. The first-order valence-electron chi connectivity index (χ1n) is 9.06. The molecule has 29 heavy (non-hydrogen) atoms. The van der Waals surface area contributed by atoms with Gasteiger partial charge in [0.25, 0.3) is 11.5 Å². The first kappa shape index (κ1) is 17.1. The molecule has 3 heterocycles. The number of non-ortho nitro benzene ring substituents is 1. The highest BCUT2D eigenvalue weighted by Crippen LogP contribution is 2.33. The molecular weight excluding hydrogens is 374 g/mol. The molecule has 0 N–H and O–H groups in total. The standard InChI is InChI=1S/C20H15N5O4/c26-25(27)15-5-2-13(3-6-15)16-8-9-21-20-22-19(23-24(16)20)14-4-7-17-18(12-14)29-11-1-10-28-17/h2-9,12H,1,10-11H2. The van der Waals surface area contributed by atoms with Crippen molar-refractivity contribution in [2.75, 3.05) is 13.2 Å². The maximum Gasteiger partial charge on any atom is 0.269 e. The van der Waals surface area contributed by atoms with Gasteiger partial charge in [-0.2, -0.15) is 9.50 Å². The van der Waals surface area contributed by atoms with E-state index < -0.39 is 4.92 Å². The van der Waals surface area contributed by atoms with Crippen LogP contribution in [0.5, 0.6) is 11.5 Å². The Morgan fingerprint density at radius 3 is 2.52 bits per heavy atom. The van der Waals surface area contributed by atoms with Crippen LogP contribution in [0.2, 0.25) is 0 Å². The van der Waals surface area contributed by atoms with Gasteiger partial charge in [-0.15, -0.1) is 5.10 Å². The molecule has 2 aromatic heterocycles. The molecule has 0 bridgehead atoms. The van der Waals surface area contributed by atoms with E-state index in [1.807, 2.05) is 18.2 Å². The average molecular weight is 389 g/mol. The lowest BCUT2D eigenvalue weighted by Crippen LogP contribution is -1.97. The van der Waals surface area contributed by atoms with Crippen molar-refractivity contribution in [3.8, 4) is 34.1 Å². The maximum atomic E-state index is 10.9. The molecule has 144 valence electrons. The number of ether oxygens (including phenoxy) is 2. The van der Waals surface area contributed by atoms with E-state index in [0.29, 0.717) is 36.3 Å². The summed E-state index contributed by atoms with van der Waals surface area (Å²) in [5.41, 5.74) is 2.33. The van der Waals surface area contributed by atoms with Crippen LogP contribution in [0.25, 0.3) is 28.4 Å². The number of rotatable bonds is 3. The second-order valence-corrected chi connectivity index (χ2v) is 6.49. The van der Waals surface area contributed by atoms with Crippen LogP contribution in [0.3, 0.4) is 0 Å². The largest absolute Gasteiger partial charge is 0.490 e. The van der Waals surface area contributed by atoms with Gasteiger partial charge in [0.15, 0.2) is 17.3 Å². The van der Waals surface area contributed by atoms with Crippen molar-refractivity contribution in [3.63, 3.8) is 0 Å². The summed E-state index contributed by atoms with van der Waals surface area (Å²) in [6.07, 6.45) is 2.47. The predicted molar refractivity (Wildman–Crippen MR) is 104 cm³/mol. The zero-order chi connectivity index (χ0) is 19.8. The first-order chi connectivity index (χ1) is 14.2. The minimum absolute atomic E-state index is 0.0329. The summed E-state index contributed by atoms with van der Waals surface area (Å²) in [5.74, 6) is 2.31. The van der Waals surface area contributed by atoms with Crippen molar-refractivity contribution in [2.45, 2.75) is 6.42 Å². The number of nitrogens with zero attached hydrogens (tertiary/aromatic N) is 5. The van der Waals surface area contributed by atoms with E-state index in [1.165, 1.54) is 12.1 Å². The van der Waals surface area contributed by atoms with E-state index in [0.717, 1.165) is 23.2 Å². The summed E-state index contributed by atoms with van der Waals surface area (Å²) in [4.78, 5) is 19.3. The number of nitro benzene ring substituents is 1. The summed E-state index contributed by atoms with van der Waals surface area (Å²) in [6, 6.07) is 13.7. The molecule has 0 saturated carbocycles. The van der Waals surface area contributed by atoms with Crippen LogP contribution in [0, 0.1) is 10.1 Å². The summed E-state index contributed by atoms with van der Waals surface area (Å²) in [7, 11) is 0. The normalized spacial score (nSPS) is 13.2. The molecule has 0 aliphatic carbocycles. The Morgan fingerprint density at radius 2 is 1.72 bits per heavy atom. The highest BCUT2D eigenvalue weighted by Gasteiger charge is 2.16. The topological polar surface area (TPSA) is 105 Å². The van der Waals surface area contributed by atoms with Gasteiger partial charge in [-0.1, -0.05) is 0 Å². The zero-order valence-corrected chi connectivity index (χ0v) is 15.2. The van der Waals surface area contributed by atoms with Crippen LogP contribution >= 0.6 is 0 Å². The molecule has 5 rings (SSSR count). The van der Waals surface area contributed by atoms with Crippen molar-refractivity contribution in [2.24, 2.45) is 0 Å². The van der Waals surface area contributed by atoms with E-state index in [-0.39, 0.29) is 5.69 Å². The lowest BCUT2D eigenvalue weighted by molar-refractivity contribution is -0.384. The van der Waals surface area contributed by atoms with Gasteiger partial charge < -0.3 is 9.47 Å². The molecule has 0 spiro atoms. The van der Waals surface area contributed by atoms with Crippen molar-refractivity contribution < 1.29 is 14.4 Å². The molecule has 0 unspecified atom stereocenters. The molecule has 9 nitrogen and oxygen atoms in total. The van der Waals surface area contributed by atoms with Gasteiger partial charge in [0.05, 0.1) is 23.8 Å². The monoisotopic (exact) mass is 389 g/mol. The molecule has 2 aromatic carbocycles. The van der Waals surface area contributed by atoms with Crippen molar-refractivity contribution in [1.82, 2.24) is 19.6 Å². The molecule has 0 saturated heterocycles. The smallest absolute Gasteiger partial charge is 0.269 e. The SMILES string of the molecule is O=[N+]([O-])c1ccc(-c2ccnc3nc(-c4ccc5c(c4)OCCCO5)nn23)cc1. The molecule has 0 fully saturated rings. The van der Waals surface area contributed by atoms with Gasteiger partial charge in [-0.25, -0.2) is 4.98 Å². The second-order valence-electron chi connectivity index (χ2n) is 6.49. The van der Waals surface area contributed by atoms with Crippen LogP contribution in [0.1, 0.15) is 6.42 Å². The van der Waals surface area contributed by atoms with Gasteiger partial charge in [-0.05, 0) is 36.4 Å². The molecule has 0 radical (unpaired) electrons. The Bertz CT molecular complexity index is 1220. The highest BCUT2D eigenvalue weighted by atomic mass is 16.6. The van der Waals surface area contributed by atoms with Crippen LogP contribution in [0.15, 0.2) is 54.7 Å². The summed E-state index contributed by atoms with van der Waals surface area (Å²) in [5, 5.41) is 15.5. The van der Waals surface area contributed by atoms with Gasteiger partial charge in [0.2, 0.25) is 0 Å². The van der Waals surface area contributed by atoms with Gasteiger partial charge in [0.1, 0.15) is 0 Å². The van der Waals surface area contributed by atoms with Crippen LogP contribution < -0.4 is 9.47 Å². The molecule has 0 atom stereocenters. The minimum Gasteiger partial charge on any atom is -0.490 e. The third-order valence-corrected chi connectivity index (χ3v) is 4.62. The van der Waals surface area contributed by atoms with E-state index in [1.54, 1.807) is 28.9 Å². The molecule has 0 amide bonds. The Hall–Kier alpha value is -4.01. The Balaban J connectivity index is 1.57. The third-order valence-electron chi connectivity index (χ3n) is 4.62. The predicted octanol–water partition coefficient (Wildman–Crippen LogP) is 3.53. The zero-order valence-electron chi connectivity index (χ0n) is 15.2. The molecule has 4 aromatic rings. The van der Waals surface area contributed by atoms with Crippen molar-refractivity contribution in [3.05, 3.63) is 64.8 Å². The summed E-state index contributed by atoms with van der Waals surface area (Å²) in [6.45, 7) is 1.22. The highest BCUT2D eigenvalue weighted by molar-refractivity contribution is 5.66. The quantitative estimate of drug-likeness (QED) is 0.390. The minimum atomic E-state index is -0.427. The fraction of sp³-hybridized carbons (Fsp3) is 0.150. The molecular formula is C20H15N5O4. The van der Waals surface area contributed by atoms with Gasteiger partial charge >= 0.3 is 0 Å². The van der Waals surface area contributed by atoms with Crippen molar-refractivity contribution >= 4 is 11.5 Å². The van der Waals surface area contributed by atoms with E-state index in [9.17, 15) is 10.1 Å². The fourth-order valence-electron chi connectivity index (χ4n) is 3.19. The van der Waals surface area contributed by atoms with Crippen LogP contribution in [0.4, 0.5) is 5.69 Å². The lowest BCUT2D eigenvalue weighted by atomic mass is 10.1. The Kier molecular flexibility index (Phi) is 4.05. The molecule has 1 aliphatic heterocycles. The summed E-state index contributed by atoms with van der Waals surface area (Å²) >= 11 is 0. The molecule has 9 heteroatoms. The summed E-state index contributed by atoms with van der Waals surface area (Å²) < 4.78 is 13.0. The number of hydrogen-bond acceptors (Lipinski definition) is 7. The first-order valence-corrected chi connectivity index (χ1v) is 9.06. The van der Waals surface area contributed by atoms with E-state index >= 15 is 0 Å². The van der Waals surface area contributed by atoms with Gasteiger partial charge in [-0.3, -0.25) is 10.1 Å². The second kappa shape index (κ2) is 6.86. The van der Waals surface area contributed by atoms with E-state index in [4.69, 9.17) is 9.47 Å². The number of nitro groups is 1. The van der Waals surface area contributed by atoms with Crippen LogP contribution in [-0.4, -0.2) is 37.7 Å². The van der Waals surface area contributed by atoms with Gasteiger partial charge in [0, 0.05) is 35.9 Å². The van der Waals surface area contributed by atoms with Crippen LogP contribution in [-0.2, 0) is 0 Å². The van der Waals surface area contributed by atoms with E-state index in [2.05, 4.69) is 15.1 Å². The third kappa shape index (κ3) is 3.12. The lowest BCUT2D eigenvalue weighted by Gasteiger charge is -2.07. The average Bonchev–Trinajstić information content (AvgIpc) is 3.05. The molecule has 1 aliphatic rings. The number of aromatic nitrogens is 4. The van der Waals surface area contributed by atoms with Crippen molar-refractivity contribution in [1.29, 1.82) is 0 Å². The maximum absolute atomic E-state index is 10.9. The number of benzene rings is 2. The number of fused-ring (bicyclic) bond motifs is 2. The fourth-order valence-corrected chi connectivity index (χ4v) is 3.19. The Labute approximate surface area is 164 Å². The number of hydrogen-bond donors (Lipinski definition) is 0.